The van der Waals surface area contributed by atoms with Crippen LogP contribution in [0.25, 0.3) is 0 Å². The topological polar surface area (TPSA) is 21.3 Å². The largest absolute Gasteiger partial charge is 0.496 e. The highest BCUT2D eigenvalue weighted by atomic mass is 16.5. The summed E-state index contributed by atoms with van der Waals surface area (Å²) in [6, 6.07) is 5.19. The lowest BCUT2D eigenvalue weighted by Crippen LogP contribution is -2.24. The van der Waals surface area contributed by atoms with Crippen LogP contribution in [0.1, 0.15) is 36.5 Å². The van der Waals surface area contributed by atoms with E-state index in [-0.39, 0.29) is 0 Å². The monoisotopic (exact) mass is 247 g/mol. The van der Waals surface area contributed by atoms with Gasteiger partial charge in [0.25, 0.3) is 0 Å². The first kappa shape index (κ1) is 13.4. The molecule has 100 valence electrons. The molecule has 0 amide bonds. The lowest BCUT2D eigenvalue weighted by Gasteiger charge is -2.17. The third-order valence-electron chi connectivity index (χ3n) is 3.68. The average Bonchev–Trinajstić information content (AvgIpc) is 3.13. The molecule has 0 radical (unpaired) electrons. The van der Waals surface area contributed by atoms with Crippen LogP contribution in [-0.4, -0.2) is 19.7 Å². The number of ether oxygens (including phenoxy) is 1. The van der Waals surface area contributed by atoms with Crippen LogP contribution < -0.4 is 10.1 Å². The molecule has 1 aliphatic rings. The van der Waals surface area contributed by atoms with Gasteiger partial charge in [-0.1, -0.05) is 13.0 Å². The fourth-order valence-corrected chi connectivity index (χ4v) is 2.48. The Hall–Kier alpha value is -1.02. The number of benzene rings is 1. The van der Waals surface area contributed by atoms with E-state index in [2.05, 4.69) is 38.2 Å². The summed E-state index contributed by atoms with van der Waals surface area (Å²) in [4.78, 5) is 0. The van der Waals surface area contributed by atoms with Gasteiger partial charge in [-0.2, -0.15) is 0 Å². The summed E-state index contributed by atoms with van der Waals surface area (Å²) < 4.78 is 5.53. The molecule has 18 heavy (non-hydrogen) atoms. The normalized spacial score (nSPS) is 16.7. The second kappa shape index (κ2) is 5.75. The summed E-state index contributed by atoms with van der Waals surface area (Å²) in [7, 11) is 1.77. The van der Waals surface area contributed by atoms with Gasteiger partial charge in [-0.05, 0) is 68.3 Å². The zero-order chi connectivity index (χ0) is 13.1. The van der Waals surface area contributed by atoms with Crippen molar-refractivity contribution in [3.63, 3.8) is 0 Å². The Morgan fingerprint density at radius 3 is 2.67 bits per heavy atom. The Kier molecular flexibility index (Phi) is 4.28. The van der Waals surface area contributed by atoms with Crippen molar-refractivity contribution in [1.82, 2.24) is 5.32 Å². The molecule has 1 aromatic carbocycles. The first-order valence-corrected chi connectivity index (χ1v) is 6.97. The highest BCUT2D eigenvalue weighted by molar-refractivity contribution is 5.43. The third-order valence-corrected chi connectivity index (χ3v) is 3.68. The van der Waals surface area contributed by atoms with Crippen molar-refractivity contribution < 1.29 is 4.74 Å². The summed E-state index contributed by atoms with van der Waals surface area (Å²) in [6.45, 7) is 7.73. The van der Waals surface area contributed by atoms with E-state index in [1.54, 1.807) is 7.11 Å². The molecule has 0 aliphatic heterocycles. The van der Waals surface area contributed by atoms with E-state index < -0.39 is 0 Å². The highest BCUT2D eigenvalue weighted by Crippen LogP contribution is 2.27. The third kappa shape index (κ3) is 3.49. The summed E-state index contributed by atoms with van der Waals surface area (Å²) in [5.74, 6) is 1.70. The van der Waals surface area contributed by atoms with E-state index in [0.717, 1.165) is 24.8 Å². The van der Waals surface area contributed by atoms with Crippen molar-refractivity contribution in [2.24, 2.45) is 5.92 Å². The molecular formula is C16H25NO. The first-order chi connectivity index (χ1) is 8.60. The van der Waals surface area contributed by atoms with Crippen LogP contribution in [0.5, 0.6) is 5.75 Å². The molecule has 0 saturated heterocycles. The van der Waals surface area contributed by atoms with Crippen LogP contribution in [0, 0.1) is 19.8 Å². The molecular weight excluding hydrogens is 222 g/mol. The quantitative estimate of drug-likeness (QED) is 0.833. The Balaban J connectivity index is 2.01. The average molecular weight is 247 g/mol. The zero-order valence-corrected chi connectivity index (χ0v) is 12.0. The summed E-state index contributed by atoms with van der Waals surface area (Å²) in [5, 5.41) is 3.60. The number of nitrogens with one attached hydrogen (secondary N) is 1. The van der Waals surface area contributed by atoms with Gasteiger partial charge >= 0.3 is 0 Å². The molecule has 1 fully saturated rings. The molecule has 0 aromatic heterocycles. The van der Waals surface area contributed by atoms with Crippen LogP contribution in [0.3, 0.4) is 0 Å². The van der Waals surface area contributed by atoms with Crippen LogP contribution in [0.2, 0.25) is 0 Å². The van der Waals surface area contributed by atoms with Crippen molar-refractivity contribution in [3.8, 4) is 5.75 Å². The van der Waals surface area contributed by atoms with Gasteiger partial charge in [0.1, 0.15) is 5.75 Å². The molecule has 1 saturated carbocycles. The van der Waals surface area contributed by atoms with Crippen molar-refractivity contribution in [2.45, 2.75) is 46.1 Å². The van der Waals surface area contributed by atoms with Gasteiger partial charge in [-0.3, -0.25) is 0 Å². The van der Waals surface area contributed by atoms with Crippen LogP contribution in [0.4, 0.5) is 0 Å². The Morgan fingerprint density at radius 2 is 2.06 bits per heavy atom. The highest BCUT2D eigenvalue weighted by Gasteiger charge is 2.21. The number of hydrogen-bond donors (Lipinski definition) is 1. The molecule has 1 N–H and O–H groups in total. The van der Waals surface area contributed by atoms with Gasteiger partial charge in [0, 0.05) is 6.04 Å². The summed E-state index contributed by atoms with van der Waals surface area (Å²) >= 11 is 0. The molecule has 2 heteroatoms. The molecule has 1 atom stereocenters. The van der Waals surface area contributed by atoms with Gasteiger partial charge < -0.3 is 10.1 Å². The SMILES string of the molecule is COc1cc(C)cc(C)c1CC(C)CNC1CC1. The number of aryl methyl sites for hydroxylation is 2. The molecule has 2 rings (SSSR count). The number of rotatable bonds is 6. The summed E-state index contributed by atoms with van der Waals surface area (Å²) in [5.41, 5.74) is 4.00. The number of hydrogen-bond acceptors (Lipinski definition) is 2. The lowest BCUT2D eigenvalue weighted by molar-refractivity contribution is 0.403. The van der Waals surface area contributed by atoms with Crippen LogP contribution >= 0.6 is 0 Å². The minimum absolute atomic E-state index is 0.654. The Labute approximate surface area is 111 Å². The van der Waals surface area contributed by atoms with E-state index in [0.29, 0.717) is 5.92 Å². The second-order valence-corrected chi connectivity index (χ2v) is 5.75. The predicted octanol–water partition coefficient (Wildman–Crippen LogP) is 3.24. The van der Waals surface area contributed by atoms with Gasteiger partial charge in [0.05, 0.1) is 7.11 Å². The van der Waals surface area contributed by atoms with E-state index >= 15 is 0 Å². The minimum atomic E-state index is 0.654. The molecule has 0 spiro atoms. The maximum Gasteiger partial charge on any atom is 0.122 e. The van der Waals surface area contributed by atoms with E-state index in [1.807, 2.05) is 0 Å². The second-order valence-electron chi connectivity index (χ2n) is 5.75. The molecule has 1 aliphatic carbocycles. The molecule has 1 unspecified atom stereocenters. The van der Waals surface area contributed by atoms with Crippen LogP contribution in [0.15, 0.2) is 12.1 Å². The minimum Gasteiger partial charge on any atom is -0.496 e. The van der Waals surface area contributed by atoms with Gasteiger partial charge in [-0.15, -0.1) is 0 Å². The maximum absolute atomic E-state index is 5.53. The van der Waals surface area contributed by atoms with Gasteiger partial charge in [0.2, 0.25) is 0 Å². The van der Waals surface area contributed by atoms with Gasteiger partial charge in [-0.25, -0.2) is 0 Å². The predicted molar refractivity (Wildman–Crippen MR) is 76.4 cm³/mol. The van der Waals surface area contributed by atoms with Crippen molar-refractivity contribution in [2.75, 3.05) is 13.7 Å². The van der Waals surface area contributed by atoms with Crippen molar-refractivity contribution >= 4 is 0 Å². The first-order valence-electron chi connectivity index (χ1n) is 6.97. The van der Waals surface area contributed by atoms with E-state index in [1.165, 1.54) is 29.5 Å². The Morgan fingerprint density at radius 1 is 1.33 bits per heavy atom. The van der Waals surface area contributed by atoms with E-state index in [4.69, 9.17) is 4.74 Å². The molecule has 2 nitrogen and oxygen atoms in total. The molecule has 0 heterocycles. The molecule has 0 bridgehead atoms. The zero-order valence-electron chi connectivity index (χ0n) is 12.0. The maximum atomic E-state index is 5.53. The van der Waals surface area contributed by atoms with Gasteiger partial charge in [0.15, 0.2) is 0 Å². The smallest absolute Gasteiger partial charge is 0.122 e. The van der Waals surface area contributed by atoms with Crippen molar-refractivity contribution in [3.05, 3.63) is 28.8 Å². The molecule has 1 aromatic rings. The fraction of sp³-hybridized carbons (Fsp3) is 0.625. The van der Waals surface area contributed by atoms with Crippen molar-refractivity contribution in [1.29, 1.82) is 0 Å². The number of methoxy groups -OCH3 is 1. The standard InChI is InChI=1S/C16H25NO/c1-11-7-13(3)15(16(9-11)18-4)8-12(2)10-17-14-5-6-14/h7,9,12,14,17H,5-6,8,10H2,1-4H3. The Bertz CT molecular complexity index is 410. The fourth-order valence-electron chi connectivity index (χ4n) is 2.48. The summed E-state index contributed by atoms with van der Waals surface area (Å²) in [6.07, 6.45) is 3.81. The van der Waals surface area contributed by atoms with Crippen LogP contribution in [-0.2, 0) is 6.42 Å². The lowest BCUT2D eigenvalue weighted by atomic mass is 9.95. The van der Waals surface area contributed by atoms with E-state index in [9.17, 15) is 0 Å².